The fourth-order valence-corrected chi connectivity index (χ4v) is 3.28. The molecule has 0 aliphatic carbocycles. The van der Waals surface area contributed by atoms with Crippen molar-refractivity contribution in [2.75, 3.05) is 6.54 Å². The minimum Gasteiger partial charge on any atom is -0.619 e. The lowest BCUT2D eigenvalue weighted by atomic mass is 10.1. The molecule has 0 saturated carbocycles. The van der Waals surface area contributed by atoms with Gasteiger partial charge in [0.05, 0.1) is 5.56 Å². The summed E-state index contributed by atoms with van der Waals surface area (Å²) in [7, 11) is 0. The van der Waals surface area contributed by atoms with Crippen molar-refractivity contribution in [1.29, 1.82) is 5.26 Å². The van der Waals surface area contributed by atoms with Crippen LogP contribution in [-0.2, 0) is 6.42 Å². The molecule has 0 spiro atoms. The normalized spacial score (nSPS) is 10.6. The number of carbonyl (C=O) groups excluding carboxylic acids is 1. The number of aromatic amines is 1. The molecule has 0 radical (unpaired) electrons. The first-order chi connectivity index (χ1) is 14.1. The van der Waals surface area contributed by atoms with Gasteiger partial charge in [0, 0.05) is 40.8 Å². The van der Waals surface area contributed by atoms with Gasteiger partial charge in [-0.2, -0.15) is 9.99 Å². The summed E-state index contributed by atoms with van der Waals surface area (Å²) < 4.78 is 0.750. The Morgan fingerprint density at radius 1 is 1.14 bits per heavy atom. The van der Waals surface area contributed by atoms with Crippen molar-refractivity contribution in [3.8, 4) is 17.2 Å². The van der Waals surface area contributed by atoms with Gasteiger partial charge in [-0.1, -0.05) is 18.2 Å². The smallest absolute Gasteiger partial charge is 0.251 e. The molecule has 2 N–H and O–H groups in total. The van der Waals surface area contributed by atoms with Crippen molar-refractivity contribution in [2.24, 2.45) is 0 Å². The summed E-state index contributed by atoms with van der Waals surface area (Å²) in [6.07, 6.45) is 5.30. The molecule has 6 heteroatoms. The Kier molecular flexibility index (Phi) is 4.95. The number of benzene rings is 2. The van der Waals surface area contributed by atoms with Crippen molar-refractivity contribution >= 4 is 16.8 Å². The number of aromatic nitrogens is 2. The SMILES string of the molecule is N#Cc1c[nH]c2ccc(CCNC(=O)c3ccc(-c4ccc[n+]([O-])c4)cc3)cc12. The first-order valence-corrected chi connectivity index (χ1v) is 9.21. The Hall–Kier alpha value is -4.11. The van der Waals surface area contributed by atoms with Crippen molar-refractivity contribution in [3.05, 3.63) is 95.1 Å². The van der Waals surface area contributed by atoms with E-state index in [2.05, 4.69) is 16.4 Å². The van der Waals surface area contributed by atoms with E-state index in [9.17, 15) is 10.0 Å². The molecule has 1 amide bonds. The van der Waals surface area contributed by atoms with Crippen molar-refractivity contribution in [3.63, 3.8) is 0 Å². The van der Waals surface area contributed by atoms with Crippen molar-refractivity contribution in [2.45, 2.75) is 6.42 Å². The molecule has 0 fully saturated rings. The zero-order valence-corrected chi connectivity index (χ0v) is 15.6. The Labute approximate surface area is 167 Å². The molecule has 2 heterocycles. The summed E-state index contributed by atoms with van der Waals surface area (Å²) in [5.74, 6) is -0.149. The van der Waals surface area contributed by atoms with E-state index in [1.54, 1.807) is 24.4 Å². The molecule has 29 heavy (non-hydrogen) atoms. The van der Waals surface area contributed by atoms with Crippen molar-refractivity contribution < 1.29 is 9.52 Å². The lowest BCUT2D eigenvalue weighted by Gasteiger charge is -2.07. The number of nitrogens with one attached hydrogen (secondary N) is 2. The topological polar surface area (TPSA) is 95.6 Å². The number of hydrogen-bond acceptors (Lipinski definition) is 3. The van der Waals surface area contributed by atoms with Crippen LogP contribution in [0.5, 0.6) is 0 Å². The fourth-order valence-electron chi connectivity index (χ4n) is 3.28. The van der Waals surface area contributed by atoms with Crippen LogP contribution in [0.3, 0.4) is 0 Å². The standard InChI is InChI=1S/C23H18N4O2/c24-13-20-14-26-22-8-3-16(12-21(20)22)9-10-25-23(28)18-6-4-17(5-7-18)19-2-1-11-27(29)15-19/h1-8,11-12,14-15,26H,9-10H2,(H,25,28). The predicted octanol–water partition coefficient (Wildman–Crippen LogP) is 3.31. The number of pyridine rings is 1. The number of hydrogen-bond donors (Lipinski definition) is 2. The zero-order chi connectivity index (χ0) is 20.2. The van der Waals surface area contributed by atoms with Gasteiger partial charge in [0.25, 0.3) is 5.91 Å². The highest BCUT2D eigenvalue weighted by Crippen LogP contribution is 2.20. The third-order valence-corrected chi connectivity index (χ3v) is 4.82. The molecular formula is C23H18N4O2. The molecule has 0 unspecified atom stereocenters. The van der Waals surface area contributed by atoms with E-state index < -0.39 is 0 Å². The third-order valence-electron chi connectivity index (χ3n) is 4.82. The van der Waals surface area contributed by atoms with E-state index >= 15 is 0 Å². The van der Waals surface area contributed by atoms with Crippen LogP contribution in [0.25, 0.3) is 22.0 Å². The van der Waals surface area contributed by atoms with E-state index in [0.717, 1.165) is 32.3 Å². The van der Waals surface area contributed by atoms with E-state index in [0.29, 0.717) is 24.1 Å². The average Bonchev–Trinajstić information content (AvgIpc) is 3.16. The number of fused-ring (bicyclic) bond motifs is 1. The molecule has 0 atom stereocenters. The Morgan fingerprint density at radius 3 is 2.72 bits per heavy atom. The molecule has 0 aliphatic heterocycles. The molecule has 142 valence electrons. The summed E-state index contributed by atoms with van der Waals surface area (Å²) in [6, 6.07) is 18.8. The molecule has 2 aromatic carbocycles. The van der Waals surface area contributed by atoms with Crippen LogP contribution in [0.15, 0.2) is 73.2 Å². The van der Waals surface area contributed by atoms with Gasteiger partial charge in [-0.3, -0.25) is 4.79 Å². The summed E-state index contributed by atoms with van der Waals surface area (Å²) in [6.45, 7) is 0.493. The fraction of sp³-hybridized carbons (Fsp3) is 0.0870. The molecule has 2 aromatic heterocycles. The molecule has 0 bridgehead atoms. The molecule has 4 aromatic rings. The van der Waals surface area contributed by atoms with Crippen LogP contribution in [0, 0.1) is 16.5 Å². The van der Waals surface area contributed by atoms with E-state index in [1.165, 1.54) is 12.4 Å². The molecule has 0 saturated heterocycles. The van der Waals surface area contributed by atoms with Crippen LogP contribution in [-0.4, -0.2) is 17.4 Å². The van der Waals surface area contributed by atoms with Gasteiger partial charge < -0.3 is 15.5 Å². The van der Waals surface area contributed by atoms with E-state index in [-0.39, 0.29) is 5.91 Å². The van der Waals surface area contributed by atoms with Gasteiger partial charge in [0.15, 0.2) is 12.4 Å². The van der Waals surface area contributed by atoms with Crippen LogP contribution in [0.1, 0.15) is 21.5 Å². The lowest BCUT2D eigenvalue weighted by molar-refractivity contribution is -0.604. The van der Waals surface area contributed by atoms with Crippen molar-refractivity contribution in [1.82, 2.24) is 10.3 Å². The zero-order valence-electron chi connectivity index (χ0n) is 15.6. The summed E-state index contributed by atoms with van der Waals surface area (Å²) in [5.41, 5.74) is 4.83. The second-order valence-corrected chi connectivity index (χ2v) is 6.73. The molecule has 4 rings (SSSR count). The van der Waals surface area contributed by atoms with Gasteiger partial charge in [-0.15, -0.1) is 0 Å². The van der Waals surface area contributed by atoms with Gasteiger partial charge in [0.1, 0.15) is 6.07 Å². The van der Waals surface area contributed by atoms with Crippen LogP contribution in [0.4, 0.5) is 0 Å². The van der Waals surface area contributed by atoms with Gasteiger partial charge in [-0.25, -0.2) is 0 Å². The maximum absolute atomic E-state index is 12.4. The lowest BCUT2D eigenvalue weighted by Crippen LogP contribution is -2.25. The molecule has 6 nitrogen and oxygen atoms in total. The second kappa shape index (κ2) is 7.87. The summed E-state index contributed by atoms with van der Waals surface area (Å²) in [4.78, 5) is 15.5. The predicted molar refractivity (Wildman–Crippen MR) is 110 cm³/mol. The second-order valence-electron chi connectivity index (χ2n) is 6.73. The quantitative estimate of drug-likeness (QED) is 0.409. The largest absolute Gasteiger partial charge is 0.619 e. The number of rotatable bonds is 5. The van der Waals surface area contributed by atoms with Gasteiger partial charge in [-0.05, 0) is 47.9 Å². The summed E-state index contributed by atoms with van der Waals surface area (Å²) >= 11 is 0. The van der Waals surface area contributed by atoms with Crippen LogP contribution >= 0.6 is 0 Å². The minimum atomic E-state index is -0.149. The highest BCUT2D eigenvalue weighted by atomic mass is 16.5. The Bertz CT molecular complexity index is 1220. The highest BCUT2D eigenvalue weighted by molar-refractivity contribution is 5.94. The Morgan fingerprint density at radius 2 is 1.97 bits per heavy atom. The monoisotopic (exact) mass is 382 g/mol. The molecule has 0 aliphatic rings. The number of nitrogens with zero attached hydrogens (tertiary/aromatic N) is 2. The first-order valence-electron chi connectivity index (χ1n) is 9.21. The van der Waals surface area contributed by atoms with Gasteiger partial charge in [0.2, 0.25) is 0 Å². The average molecular weight is 382 g/mol. The van der Waals surface area contributed by atoms with E-state index in [1.807, 2.05) is 36.4 Å². The minimum absolute atomic E-state index is 0.149. The maximum atomic E-state index is 12.4. The summed E-state index contributed by atoms with van der Waals surface area (Å²) in [5, 5.41) is 24.4. The number of H-pyrrole nitrogens is 1. The third kappa shape index (κ3) is 3.94. The van der Waals surface area contributed by atoms with Crippen LogP contribution < -0.4 is 10.0 Å². The maximum Gasteiger partial charge on any atom is 0.251 e. The number of nitriles is 1. The number of carbonyl (C=O) groups is 1. The molecular weight excluding hydrogens is 364 g/mol. The first kappa shape index (κ1) is 18.3. The highest BCUT2D eigenvalue weighted by Gasteiger charge is 2.08. The van der Waals surface area contributed by atoms with E-state index in [4.69, 9.17) is 5.26 Å². The Balaban J connectivity index is 1.38. The van der Waals surface area contributed by atoms with Gasteiger partial charge >= 0.3 is 0 Å². The number of amides is 1. The van der Waals surface area contributed by atoms with Crippen LogP contribution in [0.2, 0.25) is 0 Å².